The number of benzene rings is 1. The molecule has 4 heterocycles. The lowest BCUT2D eigenvalue weighted by Crippen LogP contribution is -2.45. The minimum atomic E-state index is -0.106. The lowest BCUT2D eigenvalue weighted by Gasteiger charge is -2.34. The highest BCUT2D eigenvalue weighted by Crippen LogP contribution is 2.32. The number of anilines is 1. The van der Waals surface area contributed by atoms with Gasteiger partial charge in [0.15, 0.2) is 0 Å². The smallest absolute Gasteiger partial charge is 0.270 e. The molecule has 2 fully saturated rings. The molecular formula is C22H24N4O2S. The predicted molar refractivity (Wildman–Crippen MR) is 116 cm³/mol. The van der Waals surface area contributed by atoms with Gasteiger partial charge in [0.05, 0.1) is 11.4 Å². The number of hydrogen-bond acceptors (Lipinski definition) is 5. The van der Waals surface area contributed by atoms with Crippen molar-refractivity contribution in [2.24, 2.45) is 5.92 Å². The van der Waals surface area contributed by atoms with Crippen molar-refractivity contribution in [2.45, 2.75) is 25.7 Å². The summed E-state index contributed by atoms with van der Waals surface area (Å²) in [4.78, 5) is 37.5. The fourth-order valence-corrected chi connectivity index (χ4v) is 5.36. The number of aromatic amines is 1. The molecule has 0 saturated carbocycles. The van der Waals surface area contributed by atoms with Gasteiger partial charge in [-0.15, -0.1) is 11.3 Å². The van der Waals surface area contributed by atoms with E-state index in [0.29, 0.717) is 17.2 Å². The third-order valence-corrected chi connectivity index (χ3v) is 6.95. The Hall–Kier alpha value is -2.67. The predicted octanol–water partition coefficient (Wildman–Crippen LogP) is 3.49. The SMILES string of the molecule is O=C([C@@H]1CCCN(c2nc3c(-c4ccccc4)csc3c(=O)[nH]2)C1)N1CCCC1. The molecule has 2 saturated heterocycles. The zero-order valence-corrected chi connectivity index (χ0v) is 17.1. The molecule has 2 aliphatic rings. The number of nitrogens with one attached hydrogen (secondary N) is 1. The van der Waals surface area contributed by atoms with Crippen molar-refractivity contribution in [2.75, 3.05) is 31.1 Å². The molecule has 3 aromatic rings. The molecule has 5 rings (SSSR count). The second kappa shape index (κ2) is 7.63. The van der Waals surface area contributed by atoms with E-state index in [1.54, 1.807) is 0 Å². The normalized spacial score (nSPS) is 19.8. The van der Waals surface area contributed by atoms with Gasteiger partial charge >= 0.3 is 0 Å². The van der Waals surface area contributed by atoms with Crippen LogP contribution in [-0.4, -0.2) is 47.0 Å². The Balaban J connectivity index is 1.46. The molecule has 1 amide bonds. The number of carbonyl (C=O) groups excluding carboxylic acids is 1. The van der Waals surface area contributed by atoms with Crippen molar-refractivity contribution in [3.8, 4) is 11.1 Å². The maximum absolute atomic E-state index is 12.9. The molecule has 0 radical (unpaired) electrons. The molecule has 1 N–H and O–H groups in total. The van der Waals surface area contributed by atoms with Crippen molar-refractivity contribution in [1.82, 2.24) is 14.9 Å². The number of likely N-dealkylation sites (tertiary alicyclic amines) is 1. The number of carbonyl (C=O) groups is 1. The molecule has 0 aliphatic carbocycles. The summed E-state index contributed by atoms with van der Waals surface area (Å²) in [5, 5.41) is 2.00. The lowest BCUT2D eigenvalue weighted by molar-refractivity contribution is -0.134. The largest absolute Gasteiger partial charge is 0.342 e. The Morgan fingerprint density at radius 1 is 1.10 bits per heavy atom. The van der Waals surface area contributed by atoms with E-state index in [1.807, 2.05) is 40.6 Å². The Morgan fingerprint density at radius 2 is 1.90 bits per heavy atom. The fourth-order valence-electron chi connectivity index (χ4n) is 4.46. The molecule has 6 nitrogen and oxygen atoms in total. The van der Waals surface area contributed by atoms with E-state index >= 15 is 0 Å². The van der Waals surface area contributed by atoms with Crippen LogP contribution in [0, 0.1) is 5.92 Å². The van der Waals surface area contributed by atoms with Gasteiger partial charge in [0.1, 0.15) is 4.70 Å². The van der Waals surface area contributed by atoms with Gasteiger partial charge in [0, 0.05) is 37.1 Å². The molecule has 1 aromatic carbocycles. The van der Waals surface area contributed by atoms with E-state index in [-0.39, 0.29) is 17.4 Å². The van der Waals surface area contributed by atoms with Crippen molar-refractivity contribution >= 4 is 33.4 Å². The summed E-state index contributed by atoms with van der Waals surface area (Å²) < 4.78 is 0.648. The number of H-pyrrole nitrogens is 1. The average molecular weight is 409 g/mol. The molecule has 7 heteroatoms. The molecule has 29 heavy (non-hydrogen) atoms. The maximum Gasteiger partial charge on any atom is 0.270 e. The first kappa shape index (κ1) is 18.4. The monoisotopic (exact) mass is 408 g/mol. The van der Waals surface area contributed by atoms with Gasteiger partial charge in [-0.2, -0.15) is 0 Å². The van der Waals surface area contributed by atoms with Crippen LogP contribution in [0.4, 0.5) is 5.95 Å². The number of nitrogens with zero attached hydrogens (tertiary/aromatic N) is 3. The van der Waals surface area contributed by atoms with Crippen LogP contribution in [-0.2, 0) is 4.79 Å². The summed E-state index contributed by atoms with van der Waals surface area (Å²) in [6.07, 6.45) is 4.05. The topological polar surface area (TPSA) is 69.3 Å². The maximum atomic E-state index is 12.9. The molecule has 2 aromatic heterocycles. The molecule has 0 unspecified atom stereocenters. The Bertz CT molecular complexity index is 1090. The van der Waals surface area contributed by atoms with Crippen LogP contribution in [0.5, 0.6) is 0 Å². The van der Waals surface area contributed by atoms with Crippen molar-refractivity contribution < 1.29 is 4.79 Å². The van der Waals surface area contributed by atoms with Crippen molar-refractivity contribution in [3.05, 3.63) is 46.1 Å². The summed E-state index contributed by atoms with van der Waals surface area (Å²) in [7, 11) is 0. The molecule has 150 valence electrons. The third-order valence-electron chi connectivity index (χ3n) is 5.99. The van der Waals surface area contributed by atoms with Gasteiger partial charge in [0.2, 0.25) is 11.9 Å². The van der Waals surface area contributed by atoms with E-state index < -0.39 is 0 Å². The summed E-state index contributed by atoms with van der Waals surface area (Å²) in [6.45, 7) is 3.19. The number of amides is 1. The number of piperidine rings is 1. The summed E-state index contributed by atoms with van der Waals surface area (Å²) >= 11 is 1.43. The second-order valence-corrected chi connectivity index (χ2v) is 8.78. The van der Waals surface area contributed by atoms with Crippen LogP contribution in [0.2, 0.25) is 0 Å². The zero-order chi connectivity index (χ0) is 19.8. The van der Waals surface area contributed by atoms with Crippen LogP contribution in [0.3, 0.4) is 0 Å². The van der Waals surface area contributed by atoms with E-state index in [4.69, 9.17) is 4.98 Å². The number of fused-ring (bicyclic) bond motifs is 1. The molecular weight excluding hydrogens is 384 g/mol. The highest BCUT2D eigenvalue weighted by Gasteiger charge is 2.31. The van der Waals surface area contributed by atoms with E-state index in [2.05, 4.69) is 9.88 Å². The van der Waals surface area contributed by atoms with Gasteiger partial charge in [-0.3, -0.25) is 14.6 Å². The third kappa shape index (κ3) is 3.44. The lowest BCUT2D eigenvalue weighted by atomic mass is 9.97. The van der Waals surface area contributed by atoms with Gasteiger partial charge in [0.25, 0.3) is 5.56 Å². The van der Waals surface area contributed by atoms with Crippen LogP contribution in [0.25, 0.3) is 21.3 Å². The van der Waals surface area contributed by atoms with Gasteiger partial charge < -0.3 is 9.80 Å². The number of rotatable bonds is 3. The van der Waals surface area contributed by atoms with Gasteiger partial charge in [-0.25, -0.2) is 4.98 Å². The standard InChI is InChI=1S/C22H24N4O2S/c27-20-19-18(17(14-29-19)15-7-2-1-3-8-15)23-22(24-20)26-12-6-9-16(13-26)21(28)25-10-4-5-11-25/h1-3,7-8,14,16H,4-6,9-13H2,(H,23,24,27)/t16-/m1/s1. The van der Waals surface area contributed by atoms with Gasteiger partial charge in [-0.05, 0) is 31.2 Å². The first-order chi connectivity index (χ1) is 14.2. The number of aromatic nitrogens is 2. The van der Waals surface area contributed by atoms with Crippen molar-refractivity contribution in [3.63, 3.8) is 0 Å². The Labute approximate surface area is 173 Å². The van der Waals surface area contributed by atoms with Crippen LogP contribution in [0.1, 0.15) is 25.7 Å². The summed E-state index contributed by atoms with van der Waals surface area (Å²) in [5.74, 6) is 0.826. The molecule has 1 atom stereocenters. The first-order valence-electron chi connectivity index (χ1n) is 10.3. The molecule has 0 spiro atoms. The fraction of sp³-hybridized carbons (Fsp3) is 0.409. The van der Waals surface area contributed by atoms with Crippen molar-refractivity contribution in [1.29, 1.82) is 0 Å². The molecule has 2 aliphatic heterocycles. The first-order valence-corrected chi connectivity index (χ1v) is 11.2. The number of hydrogen-bond donors (Lipinski definition) is 1. The Morgan fingerprint density at radius 3 is 2.69 bits per heavy atom. The molecule has 0 bridgehead atoms. The van der Waals surface area contributed by atoms with Gasteiger partial charge in [-0.1, -0.05) is 30.3 Å². The second-order valence-electron chi connectivity index (χ2n) is 7.90. The van der Waals surface area contributed by atoms with E-state index in [0.717, 1.165) is 62.0 Å². The summed E-state index contributed by atoms with van der Waals surface area (Å²) in [5.41, 5.74) is 2.68. The van der Waals surface area contributed by atoms with E-state index in [9.17, 15) is 9.59 Å². The Kier molecular flexibility index (Phi) is 4.83. The minimum absolute atomic E-state index is 0.0149. The quantitative estimate of drug-likeness (QED) is 0.720. The highest BCUT2D eigenvalue weighted by molar-refractivity contribution is 7.17. The average Bonchev–Trinajstić information content (AvgIpc) is 3.44. The van der Waals surface area contributed by atoms with Crippen LogP contribution >= 0.6 is 11.3 Å². The van der Waals surface area contributed by atoms with Crippen LogP contribution < -0.4 is 10.5 Å². The summed E-state index contributed by atoms with van der Waals surface area (Å²) in [6, 6.07) is 10.0. The minimum Gasteiger partial charge on any atom is -0.342 e. The van der Waals surface area contributed by atoms with Crippen LogP contribution in [0.15, 0.2) is 40.5 Å². The van der Waals surface area contributed by atoms with E-state index in [1.165, 1.54) is 11.3 Å². The number of thiophene rings is 1. The highest BCUT2D eigenvalue weighted by atomic mass is 32.1. The zero-order valence-electron chi connectivity index (χ0n) is 16.3.